The first-order valence-electron chi connectivity index (χ1n) is 6.45. The van der Waals surface area contributed by atoms with E-state index < -0.39 is 0 Å². The van der Waals surface area contributed by atoms with Gasteiger partial charge < -0.3 is 0 Å². The summed E-state index contributed by atoms with van der Waals surface area (Å²) in [5.74, 6) is 0.961. The molecular formula is C15H20O. The zero-order chi connectivity index (χ0) is 11.4. The third-order valence-electron chi connectivity index (χ3n) is 3.58. The summed E-state index contributed by atoms with van der Waals surface area (Å²) < 4.78 is 0. The number of hydrogen-bond donors (Lipinski definition) is 0. The van der Waals surface area contributed by atoms with Crippen LogP contribution >= 0.6 is 0 Å². The van der Waals surface area contributed by atoms with Crippen molar-refractivity contribution in [3.63, 3.8) is 0 Å². The molecule has 0 saturated heterocycles. The molecule has 0 heterocycles. The summed E-state index contributed by atoms with van der Waals surface area (Å²) in [5, 5.41) is 0. The van der Waals surface area contributed by atoms with Gasteiger partial charge in [-0.2, -0.15) is 0 Å². The van der Waals surface area contributed by atoms with Crippen molar-refractivity contribution in [1.82, 2.24) is 0 Å². The zero-order valence-electron chi connectivity index (χ0n) is 10.0. The van der Waals surface area contributed by atoms with E-state index in [-0.39, 0.29) is 0 Å². The van der Waals surface area contributed by atoms with E-state index in [1.54, 1.807) is 0 Å². The Morgan fingerprint density at radius 2 is 2.06 bits per heavy atom. The van der Waals surface area contributed by atoms with Gasteiger partial charge in [-0.15, -0.1) is 0 Å². The summed E-state index contributed by atoms with van der Waals surface area (Å²) in [6.45, 7) is 2.23. The van der Waals surface area contributed by atoms with E-state index in [1.807, 2.05) is 12.1 Å². The molecule has 1 aromatic carbocycles. The number of ketones is 1. The van der Waals surface area contributed by atoms with Gasteiger partial charge in [-0.1, -0.05) is 50.5 Å². The number of unbranched alkanes of at least 4 members (excludes halogenated alkanes) is 2. The van der Waals surface area contributed by atoms with Gasteiger partial charge in [-0.05, 0) is 24.3 Å². The SMILES string of the molecule is CCCCCC1CCC(=O)c2ccccc21. The van der Waals surface area contributed by atoms with Gasteiger partial charge in [0.25, 0.3) is 0 Å². The minimum Gasteiger partial charge on any atom is -0.294 e. The molecule has 1 aliphatic carbocycles. The molecule has 0 aromatic heterocycles. The second-order valence-electron chi connectivity index (χ2n) is 4.74. The maximum atomic E-state index is 11.8. The first-order valence-corrected chi connectivity index (χ1v) is 6.45. The molecule has 1 unspecified atom stereocenters. The van der Waals surface area contributed by atoms with E-state index in [2.05, 4.69) is 19.1 Å². The van der Waals surface area contributed by atoms with Crippen molar-refractivity contribution in [3.8, 4) is 0 Å². The Bertz CT molecular complexity index is 367. The lowest BCUT2D eigenvalue weighted by Gasteiger charge is -2.24. The van der Waals surface area contributed by atoms with Crippen molar-refractivity contribution >= 4 is 5.78 Å². The molecule has 0 bridgehead atoms. The van der Waals surface area contributed by atoms with Gasteiger partial charge in [0.05, 0.1) is 0 Å². The van der Waals surface area contributed by atoms with Gasteiger partial charge in [-0.3, -0.25) is 4.79 Å². The number of hydrogen-bond acceptors (Lipinski definition) is 1. The molecule has 1 nitrogen and oxygen atoms in total. The lowest BCUT2D eigenvalue weighted by atomic mass is 9.79. The summed E-state index contributed by atoms with van der Waals surface area (Å²) in [7, 11) is 0. The van der Waals surface area contributed by atoms with Crippen LogP contribution in [0.2, 0.25) is 0 Å². The first kappa shape index (κ1) is 11.4. The Kier molecular flexibility index (Phi) is 3.76. The summed E-state index contributed by atoms with van der Waals surface area (Å²) in [6.07, 6.45) is 6.93. The molecule has 0 N–H and O–H groups in total. The fourth-order valence-corrected chi connectivity index (χ4v) is 2.64. The zero-order valence-corrected chi connectivity index (χ0v) is 10.0. The van der Waals surface area contributed by atoms with Gasteiger partial charge in [0.15, 0.2) is 5.78 Å². The molecule has 0 saturated carbocycles. The summed E-state index contributed by atoms with van der Waals surface area (Å²) >= 11 is 0. The van der Waals surface area contributed by atoms with Crippen LogP contribution in [0.25, 0.3) is 0 Å². The van der Waals surface area contributed by atoms with Crippen molar-refractivity contribution in [2.45, 2.75) is 51.4 Å². The van der Waals surface area contributed by atoms with Crippen LogP contribution in [0.3, 0.4) is 0 Å². The molecule has 0 amide bonds. The fraction of sp³-hybridized carbons (Fsp3) is 0.533. The molecule has 1 atom stereocenters. The molecule has 2 rings (SSSR count). The Morgan fingerprint density at radius 1 is 1.25 bits per heavy atom. The second-order valence-corrected chi connectivity index (χ2v) is 4.74. The Balaban J connectivity index is 2.12. The number of carbonyl (C=O) groups is 1. The predicted octanol–water partition coefficient (Wildman–Crippen LogP) is 4.33. The maximum Gasteiger partial charge on any atom is 0.163 e. The third-order valence-corrected chi connectivity index (χ3v) is 3.58. The summed E-state index contributed by atoms with van der Waals surface area (Å²) in [5.41, 5.74) is 2.28. The first-order chi connectivity index (χ1) is 7.83. The smallest absolute Gasteiger partial charge is 0.163 e. The molecule has 0 aliphatic heterocycles. The quantitative estimate of drug-likeness (QED) is 0.685. The lowest BCUT2D eigenvalue weighted by Crippen LogP contribution is -2.15. The molecule has 1 heteroatoms. The minimum absolute atomic E-state index is 0.336. The van der Waals surface area contributed by atoms with E-state index in [4.69, 9.17) is 0 Å². The van der Waals surface area contributed by atoms with E-state index in [9.17, 15) is 4.79 Å². The van der Waals surface area contributed by atoms with Crippen LogP contribution in [0.1, 0.15) is 67.3 Å². The van der Waals surface area contributed by atoms with Crippen molar-refractivity contribution in [1.29, 1.82) is 0 Å². The molecule has 16 heavy (non-hydrogen) atoms. The summed E-state index contributed by atoms with van der Waals surface area (Å²) in [4.78, 5) is 11.8. The number of Topliss-reactive ketones (excluding diaryl/α,β-unsaturated/α-hetero) is 1. The third kappa shape index (κ3) is 2.34. The van der Waals surface area contributed by atoms with Crippen LogP contribution in [0.5, 0.6) is 0 Å². The van der Waals surface area contributed by atoms with E-state index >= 15 is 0 Å². The van der Waals surface area contributed by atoms with Crippen molar-refractivity contribution in [3.05, 3.63) is 35.4 Å². The highest BCUT2D eigenvalue weighted by molar-refractivity contribution is 5.98. The van der Waals surface area contributed by atoms with Gasteiger partial charge in [0.2, 0.25) is 0 Å². The monoisotopic (exact) mass is 216 g/mol. The topological polar surface area (TPSA) is 17.1 Å². The molecule has 0 spiro atoms. The Morgan fingerprint density at radius 3 is 2.88 bits per heavy atom. The van der Waals surface area contributed by atoms with E-state index in [0.717, 1.165) is 18.4 Å². The van der Waals surface area contributed by atoms with Crippen molar-refractivity contribution in [2.75, 3.05) is 0 Å². The molecule has 0 radical (unpaired) electrons. The minimum atomic E-state index is 0.336. The number of rotatable bonds is 4. The summed E-state index contributed by atoms with van der Waals surface area (Å²) in [6, 6.07) is 8.17. The van der Waals surface area contributed by atoms with E-state index in [0.29, 0.717) is 11.7 Å². The van der Waals surface area contributed by atoms with Crippen LogP contribution < -0.4 is 0 Å². The fourth-order valence-electron chi connectivity index (χ4n) is 2.64. The molecule has 86 valence electrons. The highest BCUT2D eigenvalue weighted by atomic mass is 16.1. The Hall–Kier alpha value is -1.11. The number of fused-ring (bicyclic) bond motifs is 1. The Labute approximate surface area is 97.9 Å². The van der Waals surface area contributed by atoms with Gasteiger partial charge in [-0.25, -0.2) is 0 Å². The van der Waals surface area contributed by atoms with Gasteiger partial charge in [0, 0.05) is 12.0 Å². The van der Waals surface area contributed by atoms with Gasteiger partial charge >= 0.3 is 0 Å². The van der Waals surface area contributed by atoms with Crippen molar-refractivity contribution < 1.29 is 4.79 Å². The van der Waals surface area contributed by atoms with Crippen LogP contribution in [-0.2, 0) is 0 Å². The van der Waals surface area contributed by atoms with Crippen LogP contribution in [0, 0.1) is 0 Å². The molecule has 0 fully saturated rings. The predicted molar refractivity (Wildman–Crippen MR) is 66.9 cm³/mol. The molecule has 1 aromatic rings. The molecular weight excluding hydrogens is 196 g/mol. The highest BCUT2D eigenvalue weighted by Gasteiger charge is 2.24. The highest BCUT2D eigenvalue weighted by Crippen LogP contribution is 2.34. The second kappa shape index (κ2) is 5.29. The number of carbonyl (C=O) groups excluding carboxylic acids is 1. The van der Waals surface area contributed by atoms with Gasteiger partial charge in [0.1, 0.15) is 0 Å². The van der Waals surface area contributed by atoms with Crippen LogP contribution in [0.4, 0.5) is 0 Å². The maximum absolute atomic E-state index is 11.8. The molecule has 1 aliphatic rings. The number of benzene rings is 1. The van der Waals surface area contributed by atoms with Crippen LogP contribution in [0.15, 0.2) is 24.3 Å². The van der Waals surface area contributed by atoms with Crippen molar-refractivity contribution in [2.24, 2.45) is 0 Å². The lowest BCUT2D eigenvalue weighted by molar-refractivity contribution is 0.0966. The van der Waals surface area contributed by atoms with Crippen LogP contribution in [-0.4, -0.2) is 5.78 Å². The average Bonchev–Trinajstić information content (AvgIpc) is 2.33. The average molecular weight is 216 g/mol. The largest absolute Gasteiger partial charge is 0.294 e. The standard InChI is InChI=1S/C15H20O/c1-2-3-4-7-12-10-11-15(16)14-9-6-5-8-13(12)14/h5-6,8-9,12H,2-4,7,10-11H2,1H3. The van der Waals surface area contributed by atoms with E-state index in [1.165, 1.54) is 31.2 Å². The normalized spacial score (nSPS) is 19.6.